The van der Waals surface area contributed by atoms with Crippen LogP contribution in [0.2, 0.25) is 0 Å². The summed E-state index contributed by atoms with van der Waals surface area (Å²) in [4.78, 5) is 48.6. The van der Waals surface area contributed by atoms with E-state index in [1.807, 2.05) is 20.1 Å². The molecule has 0 fully saturated rings. The maximum Gasteiger partial charge on any atom is 0.408 e. The summed E-state index contributed by atoms with van der Waals surface area (Å²) in [5, 5.41) is 7.71. The molecule has 0 aliphatic carbocycles. The lowest BCUT2D eigenvalue weighted by Crippen LogP contribution is -2.55. The minimum absolute atomic E-state index is 0.118. The molecule has 0 aromatic heterocycles. The third kappa shape index (κ3) is 13.0. The number of ether oxygens (including phenoxy) is 2. The van der Waals surface area contributed by atoms with Gasteiger partial charge in [0.05, 0.1) is 7.11 Å². The molecule has 0 rings (SSSR count). The number of esters is 1. The van der Waals surface area contributed by atoms with Crippen molar-refractivity contribution in [2.45, 2.75) is 65.1 Å². The fourth-order valence-corrected chi connectivity index (χ4v) is 2.76. The SMILES string of the molecule is COC(=O)CNC(=O)C(CC(C)C)NC(=O)C(CCSC)NC(=O)OC(C)(C)C. The molecule has 3 amide bonds. The van der Waals surface area contributed by atoms with Crippen LogP contribution in [0.1, 0.15) is 47.5 Å². The molecule has 0 saturated carbocycles. The van der Waals surface area contributed by atoms with Gasteiger partial charge in [-0.15, -0.1) is 0 Å². The number of alkyl carbamates (subject to hydrolysis) is 1. The topological polar surface area (TPSA) is 123 Å². The number of thioether (sulfide) groups is 1. The summed E-state index contributed by atoms with van der Waals surface area (Å²) in [6, 6.07) is -1.69. The second kappa shape index (κ2) is 13.3. The van der Waals surface area contributed by atoms with Crippen LogP contribution in [0.25, 0.3) is 0 Å². The smallest absolute Gasteiger partial charge is 0.408 e. The highest BCUT2D eigenvalue weighted by Gasteiger charge is 2.28. The minimum Gasteiger partial charge on any atom is -0.468 e. The summed E-state index contributed by atoms with van der Waals surface area (Å²) >= 11 is 1.53. The molecule has 0 heterocycles. The van der Waals surface area contributed by atoms with Crippen LogP contribution in [-0.4, -0.2) is 67.2 Å². The zero-order valence-corrected chi connectivity index (χ0v) is 19.2. The molecule has 10 heteroatoms. The summed E-state index contributed by atoms with van der Waals surface area (Å²) in [5.74, 6) is -0.802. The second-order valence-electron chi connectivity index (χ2n) is 7.96. The molecule has 0 aromatic rings. The monoisotopic (exact) mass is 433 g/mol. The molecule has 9 nitrogen and oxygen atoms in total. The zero-order chi connectivity index (χ0) is 22.6. The maximum atomic E-state index is 12.8. The fraction of sp³-hybridized carbons (Fsp3) is 0.789. The predicted octanol–water partition coefficient (Wildman–Crippen LogP) is 1.45. The van der Waals surface area contributed by atoms with E-state index in [9.17, 15) is 19.2 Å². The van der Waals surface area contributed by atoms with Gasteiger partial charge in [-0.25, -0.2) is 4.79 Å². The van der Waals surface area contributed by atoms with Gasteiger partial charge in [0.2, 0.25) is 11.8 Å². The van der Waals surface area contributed by atoms with Crippen LogP contribution >= 0.6 is 11.8 Å². The lowest BCUT2D eigenvalue weighted by Gasteiger charge is -2.25. The number of carbonyl (C=O) groups excluding carboxylic acids is 4. The molecule has 168 valence electrons. The van der Waals surface area contributed by atoms with Crippen LogP contribution in [0, 0.1) is 5.92 Å². The van der Waals surface area contributed by atoms with Gasteiger partial charge in [-0.3, -0.25) is 14.4 Å². The first-order chi connectivity index (χ1) is 13.4. The van der Waals surface area contributed by atoms with E-state index in [4.69, 9.17) is 4.74 Å². The molecule has 0 saturated heterocycles. The van der Waals surface area contributed by atoms with Gasteiger partial charge in [-0.2, -0.15) is 11.8 Å². The van der Waals surface area contributed by atoms with Crippen LogP contribution in [0.4, 0.5) is 4.79 Å². The third-order valence-electron chi connectivity index (χ3n) is 3.59. The highest BCUT2D eigenvalue weighted by Crippen LogP contribution is 2.10. The summed E-state index contributed by atoms with van der Waals surface area (Å²) in [7, 11) is 1.22. The number of hydrogen-bond donors (Lipinski definition) is 3. The summed E-state index contributed by atoms with van der Waals surface area (Å²) < 4.78 is 9.73. The number of rotatable bonds is 11. The van der Waals surface area contributed by atoms with Gasteiger partial charge < -0.3 is 25.4 Å². The predicted molar refractivity (Wildman–Crippen MR) is 113 cm³/mol. The van der Waals surface area contributed by atoms with Crippen molar-refractivity contribution in [3.05, 3.63) is 0 Å². The van der Waals surface area contributed by atoms with Crippen LogP contribution < -0.4 is 16.0 Å². The molecular formula is C19H35N3O6S. The Hall–Kier alpha value is -1.97. The Morgan fingerprint density at radius 3 is 2.10 bits per heavy atom. The lowest BCUT2D eigenvalue weighted by molar-refractivity contribution is -0.141. The zero-order valence-electron chi connectivity index (χ0n) is 18.4. The van der Waals surface area contributed by atoms with Crippen molar-refractivity contribution in [3.8, 4) is 0 Å². The van der Waals surface area contributed by atoms with Gasteiger partial charge in [0.15, 0.2) is 0 Å². The molecule has 2 unspecified atom stereocenters. The van der Waals surface area contributed by atoms with Crippen molar-refractivity contribution in [3.63, 3.8) is 0 Å². The standard InChI is InChI=1S/C19H35N3O6S/c1-12(2)10-14(16(24)20-11-15(23)27-6)21-17(25)13(8-9-29-7)22-18(26)28-19(3,4)5/h12-14H,8-11H2,1-7H3,(H,20,24)(H,21,25)(H,22,26). The highest BCUT2D eigenvalue weighted by molar-refractivity contribution is 7.98. The van der Waals surface area contributed by atoms with Crippen LogP contribution in [0.3, 0.4) is 0 Å². The first kappa shape index (κ1) is 27.0. The van der Waals surface area contributed by atoms with E-state index in [1.165, 1.54) is 18.9 Å². The molecule has 0 aliphatic rings. The van der Waals surface area contributed by atoms with E-state index < -0.39 is 41.6 Å². The molecular weight excluding hydrogens is 398 g/mol. The first-order valence-corrected chi connectivity index (χ1v) is 10.9. The van der Waals surface area contributed by atoms with E-state index in [0.717, 1.165) is 0 Å². The van der Waals surface area contributed by atoms with Crippen LogP contribution in [0.5, 0.6) is 0 Å². The van der Waals surface area contributed by atoms with Crippen molar-refractivity contribution < 1.29 is 28.7 Å². The van der Waals surface area contributed by atoms with E-state index in [1.54, 1.807) is 20.8 Å². The second-order valence-corrected chi connectivity index (χ2v) is 8.95. The number of amides is 3. The van der Waals surface area contributed by atoms with E-state index >= 15 is 0 Å². The quantitative estimate of drug-likeness (QED) is 0.422. The molecule has 0 spiro atoms. The molecule has 29 heavy (non-hydrogen) atoms. The van der Waals surface area contributed by atoms with Crippen molar-refractivity contribution in [2.24, 2.45) is 5.92 Å². The molecule has 0 aliphatic heterocycles. The maximum absolute atomic E-state index is 12.8. The van der Waals surface area contributed by atoms with Gasteiger partial charge in [-0.05, 0) is 51.5 Å². The fourth-order valence-electron chi connectivity index (χ4n) is 2.28. The Morgan fingerprint density at radius 1 is 1.00 bits per heavy atom. The number of nitrogens with one attached hydrogen (secondary N) is 3. The Labute approximate surface area is 177 Å². The van der Waals surface area contributed by atoms with Gasteiger partial charge in [-0.1, -0.05) is 13.8 Å². The molecule has 0 bridgehead atoms. The number of methoxy groups -OCH3 is 1. The van der Waals surface area contributed by atoms with E-state index in [0.29, 0.717) is 18.6 Å². The van der Waals surface area contributed by atoms with E-state index in [-0.39, 0.29) is 12.5 Å². The minimum atomic E-state index is -0.847. The Balaban J connectivity index is 5.15. The Bertz CT molecular complexity index is 563. The van der Waals surface area contributed by atoms with Crippen molar-refractivity contribution in [2.75, 3.05) is 25.7 Å². The largest absolute Gasteiger partial charge is 0.468 e. The van der Waals surface area contributed by atoms with Gasteiger partial charge >= 0.3 is 12.1 Å². The summed E-state index contributed by atoms with van der Waals surface area (Å²) in [6.45, 7) is 8.73. The Morgan fingerprint density at radius 2 is 1.62 bits per heavy atom. The van der Waals surface area contributed by atoms with Crippen molar-refractivity contribution in [1.29, 1.82) is 0 Å². The molecule has 0 aromatic carbocycles. The normalized spacial score (nSPS) is 13.2. The number of carbonyl (C=O) groups is 4. The summed E-state index contributed by atoms with van der Waals surface area (Å²) in [5.41, 5.74) is -0.696. The van der Waals surface area contributed by atoms with Crippen molar-refractivity contribution in [1.82, 2.24) is 16.0 Å². The van der Waals surface area contributed by atoms with Gasteiger partial charge in [0.1, 0.15) is 24.2 Å². The first-order valence-electron chi connectivity index (χ1n) is 9.53. The van der Waals surface area contributed by atoms with Gasteiger partial charge in [0.25, 0.3) is 0 Å². The van der Waals surface area contributed by atoms with E-state index in [2.05, 4.69) is 20.7 Å². The van der Waals surface area contributed by atoms with Crippen LogP contribution in [0.15, 0.2) is 0 Å². The summed E-state index contributed by atoms with van der Waals surface area (Å²) in [6.07, 6.45) is 1.95. The average Bonchev–Trinajstić information content (AvgIpc) is 2.60. The Kier molecular flexibility index (Phi) is 12.4. The lowest BCUT2D eigenvalue weighted by atomic mass is 10.0. The number of hydrogen-bond acceptors (Lipinski definition) is 7. The highest BCUT2D eigenvalue weighted by atomic mass is 32.2. The molecule has 3 N–H and O–H groups in total. The van der Waals surface area contributed by atoms with Gasteiger partial charge in [0, 0.05) is 0 Å². The van der Waals surface area contributed by atoms with Crippen molar-refractivity contribution >= 4 is 35.6 Å². The molecule has 2 atom stereocenters. The van der Waals surface area contributed by atoms with Crippen LogP contribution in [-0.2, 0) is 23.9 Å². The molecule has 0 radical (unpaired) electrons. The third-order valence-corrected chi connectivity index (χ3v) is 4.24. The average molecular weight is 434 g/mol.